The van der Waals surface area contributed by atoms with Crippen LogP contribution >= 0.6 is 15.2 Å². The summed E-state index contributed by atoms with van der Waals surface area (Å²) in [5.74, 6) is -1.33. The van der Waals surface area contributed by atoms with Gasteiger partial charge in [0.2, 0.25) is 0 Å². The molecule has 0 fully saturated rings. The SMILES string of the molecule is CCOP(=O)(OCC)C([C@H](c1ccc(C)cc1)[C@H](N)C(C)=O)P(=O)(OCC)OCC. The van der Waals surface area contributed by atoms with Crippen molar-refractivity contribution in [1.82, 2.24) is 0 Å². The molecule has 8 nitrogen and oxygen atoms in total. The van der Waals surface area contributed by atoms with Gasteiger partial charge in [-0.1, -0.05) is 29.8 Å². The van der Waals surface area contributed by atoms with Gasteiger partial charge in [-0.3, -0.25) is 13.9 Å². The van der Waals surface area contributed by atoms with Gasteiger partial charge in [-0.25, -0.2) is 0 Å². The zero-order chi connectivity index (χ0) is 22.9. The Morgan fingerprint density at radius 2 is 1.23 bits per heavy atom. The quantitative estimate of drug-likeness (QED) is 0.389. The van der Waals surface area contributed by atoms with Gasteiger partial charge in [0.05, 0.1) is 32.5 Å². The molecular weight excluding hydrogens is 428 g/mol. The van der Waals surface area contributed by atoms with Crippen LogP contribution in [0.3, 0.4) is 0 Å². The van der Waals surface area contributed by atoms with Crippen LogP contribution in [0.2, 0.25) is 0 Å². The molecule has 30 heavy (non-hydrogen) atoms. The van der Waals surface area contributed by atoms with Crippen LogP contribution in [-0.4, -0.2) is 43.7 Å². The molecule has 0 bridgehead atoms. The Balaban J connectivity index is 3.86. The van der Waals surface area contributed by atoms with Crippen molar-refractivity contribution in [3.8, 4) is 0 Å². The number of aryl methyl sites for hydroxylation is 1. The number of hydrogen-bond donors (Lipinski definition) is 1. The molecule has 0 unspecified atom stereocenters. The molecule has 0 aromatic heterocycles. The first kappa shape index (κ1) is 27.2. The molecule has 0 radical (unpaired) electrons. The van der Waals surface area contributed by atoms with Gasteiger partial charge in [0.1, 0.15) is 5.78 Å². The number of ketones is 1. The molecule has 2 N–H and O–H groups in total. The molecule has 1 aromatic carbocycles. The highest BCUT2D eigenvalue weighted by atomic mass is 31.2. The highest BCUT2D eigenvalue weighted by molar-refractivity contribution is 7.72. The maximum atomic E-state index is 14.0. The number of Topliss-reactive ketones (excluding diaryl/α,β-unsaturated/α-hetero) is 1. The highest BCUT2D eigenvalue weighted by Gasteiger charge is 2.57. The van der Waals surface area contributed by atoms with E-state index in [4.69, 9.17) is 23.8 Å². The summed E-state index contributed by atoms with van der Waals surface area (Å²) in [7, 11) is -8.17. The molecule has 10 heteroatoms. The summed E-state index contributed by atoms with van der Waals surface area (Å²) in [6, 6.07) is 6.08. The summed E-state index contributed by atoms with van der Waals surface area (Å²) in [4.78, 5) is 12.3. The lowest BCUT2D eigenvalue weighted by molar-refractivity contribution is -0.118. The largest absolute Gasteiger partial charge is 0.346 e. The number of carbonyl (C=O) groups is 1. The van der Waals surface area contributed by atoms with Crippen LogP contribution in [0.15, 0.2) is 24.3 Å². The second-order valence-corrected chi connectivity index (χ2v) is 11.4. The number of benzene rings is 1. The Labute approximate surface area is 179 Å². The lowest BCUT2D eigenvalue weighted by atomic mass is 9.91. The van der Waals surface area contributed by atoms with Crippen molar-refractivity contribution < 1.29 is 32.0 Å². The van der Waals surface area contributed by atoms with Crippen LogP contribution in [-0.2, 0) is 32.0 Å². The molecule has 0 aliphatic carbocycles. The predicted molar refractivity (Wildman–Crippen MR) is 118 cm³/mol. The van der Waals surface area contributed by atoms with Gasteiger partial charge in [-0.05, 0) is 47.1 Å². The molecule has 2 atom stereocenters. The van der Waals surface area contributed by atoms with E-state index in [0.29, 0.717) is 5.56 Å². The Hall–Kier alpha value is -0.850. The number of nitrogens with two attached hydrogens (primary N) is 1. The molecule has 0 heterocycles. The third-order valence-corrected chi connectivity index (χ3v) is 10.6. The van der Waals surface area contributed by atoms with Crippen molar-refractivity contribution >= 4 is 21.0 Å². The molecule has 0 aliphatic rings. The summed E-state index contributed by atoms with van der Waals surface area (Å²) >= 11 is 0. The van der Waals surface area contributed by atoms with Gasteiger partial charge in [0.15, 0.2) is 5.40 Å². The second-order valence-electron chi connectivity index (χ2n) is 6.74. The van der Waals surface area contributed by atoms with Crippen molar-refractivity contribution in [2.45, 2.75) is 58.9 Å². The molecule has 0 saturated heterocycles. The van der Waals surface area contributed by atoms with Gasteiger partial charge < -0.3 is 23.8 Å². The zero-order valence-electron chi connectivity index (χ0n) is 18.7. The van der Waals surface area contributed by atoms with Crippen LogP contribution in [0.25, 0.3) is 0 Å². The third-order valence-electron chi connectivity index (χ3n) is 4.52. The Bertz CT molecular complexity index is 719. The first-order valence-electron chi connectivity index (χ1n) is 10.2. The number of carbonyl (C=O) groups excluding carboxylic acids is 1. The summed E-state index contributed by atoms with van der Waals surface area (Å²) in [6.45, 7) is 10.0. The van der Waals surface area contributed by atoms with Crippen molar-refractivity contribution in [2.75, 3.05) is 26.4 Å². The topological polar surface area (TPSA) is 114 Å². The minimum absolute atomic E-state index is 0.0436. The van der Waals surface area contributed by atoms with E-state index in [2.05, 4.69) is 0 Å². The summed E-state index contributed by atoms with van der Waals surface area (Å²) < 4.78 is 50.2. The van der Waals surface area contributed by atoms with E-state index in [1.807, 2.05) is 19.1 Å². The first-order valence-corrected chi connectivity index (χ1v) is 13.4. The van der Waals surface area contributed by atoms with Gasteiger partial charge in [-0.2, -0.15) is 0 Å². The fourth-order valence-corrected chi connectivity index (χ4v) is 9.16. The van der Waals surface area contributed by atoms with E-state index in [1.165, 1.54) is 6.92 Å². The second kappa shape index (κ2) is 12.3. The summed E-state index contributed by atoms with van der Waals surface area (Å²) in [6.07, 6.45) is 0. The van der Waals surface area contributed by atoms with Gasteiger partial charge in [0.25, 0.3) is 0 Å². The van der Waals surface area contributed by atoms with E-state index in [0.717, 1.165) is 5.56 Å². The number of hydrogen-bond acceptors (Lipinski definition) is 8. The van der Waals surface area contributed by atoms with Gasteiger partial charge in [0, 0.05) is 5.92 Å². The van der Waals surface area contributed by atoms with E-state index in [-0.39, 0.29) is 32.2 Å². The lowest BCUT2D eigenvalue weighted by Crippen LogP contribution is -2.42. The van der Waals surface area contributed by atoms with Crippen LogP contribution in [0.4, 0.5) is 0 Å². The molecule has 0 aliphatic heterocycles. The van der Waals surface area contributed by atoms with Gasteiger partial charge in [-0.15, -0.1) is 0 Å². The average Bonchev–Trinajstić information content (AvgIpc) is 2.66. The molecule has 1 aromatic rings. The molecule has 172 valence electrons. The summed E-state index contributed by atoms with van der Waals surface area (Å²) in [5.41, 5.74) is 7.86. The number of rotatable bonds is 14. The van der Waals surface area contributed by atoms with Crippen LogP contribution in [0, 0.1) is 6.92 Å². The monoisotopic (exact) mass is 463 g/mol. The Kier molecular flexibility index (Phi) is 11.1. The van der Waals surface area contributed by atoms with Crippen LogP contribution in [0.5, 0.6) is 0 Å². The molecule has 0 amide bonds. The minimum Gasteiger partial charge on any atom is -0.321 e. The maximum absolute atomic E-state index is 14.0. The minimum atomic E-state index is -4.08. The smallest absolute Gasteiger partial charge is 0.321 e. The van der Waals surface area contributed by atoms with E-state index < -0.39 is 32.6 Å². The Morgan fingerprint density at radius 3 is 1.53 bits per heavy atom. The normalized spacial score (nSPS) is 14.7. The maximum Gasteiger partial charge on any atom is 0.346 e. The predicted octanol–water partition coefficient (Wildman–Crippen LogP) is 4.85. The molecule has 0 saturated carbocycles. The average molecular weight is 463 g/mol. The fourth-order valence-electron chi connectivity index (χ4n) is 3.27. The van der Waals surface area contributed by atoms with Crippen LogP contribution < -0.4 is 5.73 Å². The van der Waals surface area contributed by atoms with E-state index in [1.54, 1.807) is 39.8 Å². The fraction of sp³-hybridized carbons (Fsp3) is 0.650. The highest BCUT2D eigenvalue weighted by Crippen LogP contribution is 2.74. The molecular formula is C20H35NO7P2. The summed E-state index contributed by atoms with van der Waals surface area (Å²) in [5, 5.41) is -1.41. The third kappa shape index (κ3) is 6.57. The van der Waals surface area contributed by atoms with E-state index in [9.17, 15) is 13.9 Å². The van der Waals surface area contributed by atoms with E-state index >= 15 is 0 Å². The van der Waals surface area contributed by atoms with Crippen molar-refractivity contribution in [1.29, 1.82) is 0 Å². The van der Waals surface area contributed by atoms with Crippen molar-refractivity contribution in [3.05, 3.63) is 35.4 Å². The van der Waals surface area contributed by atoms with Crippen molar-refractivity contribution in [2.24, 2.45) is 5.73 Å². The zero-order valence-corrected chi connectivity index (χ0v) is 20.5. The molecule has 0 spiro atoms. The lowest BCUT2D eigenvalue weighted by Gasteiger charge is -2.38. The van der Waals surface area contributed by atoms with Gasteiger partial charge >= 0.3 is 15.2 Å². The Morgan fingerprint density at radius 1 is 0.867 bits per heavy atom. The molecule has 1 rings (SSSR count). The first-order chi connectivity index (χ1) is 14.1. The standard InChI is InChI=1S/C20H35NO7P2/c1-7-25-29(23,26-8-2)20(30(24,27-9-3)28-10-4)18(19(21)16(6)22)17-13-11-15(5)12-14-17/h11-14,18-20H,7-10,21H2,1-6H3/t18-,19-/m1/s1. The van der Waals surface area contributed by atoms with Crippen LogP contribution in [0.1, 0.15) is 51.7 Å². The van der Waals surface area contributed by atoms with Crippen molar-refractivity contribution in [3.63, 3.8) is 0 Å².